The van der Waals surface area contributed by atoms with Crippen LogP contribution in [-0.2, 0) is 13.8 Å². The highest BCUT2D eigenvalue weighted by molar-refractivity contribution is 7.46. The van der Waals surface area contributed by atoms with E-state index in [-0.39, 0.29) is 11.7 Å². The number of aliphatic hydroxyl groups is 2. The molecule has 8 N–H and O–H groups in total. The standard InChI is InChI=1S/C19H32N5O7P/c20-10-22-8-12-6-4-2-1-3-5-7-13(12)15-18(21)24(11-23-15)19-17(26)16(25)14(31-19)9-30-32(27,28)29/h8,10-11,13-14,16-17,19,25-26H,1-7,9,21H2,(H2,20,22)(H2,27,28,29)/b12-8-. The number of phosphoric ester groups is 1. The number of rotatable bonds is 6. The largest absolute Gasteiger partial charge is 0.469 e. The summed E-state index contributed by atoms with van der Waals surface area (Å²) in [5, 5.41) is 20.7. The molecule has 0 radical (unpaired) electrons. The second-order valence-corrected chi connectivity index (χ2v) is 9.36. The normalized spacial score (nSPS) is 31.6. The molecule has 32 heavy (non-hydrogen) atoms. The highest BCUT2D eigenvalue weighted by Crippen LogP contribution is 2.41. The van der Waals surface area contributed by atoms with Gasteiger partial charge in [0.25, 0.3) is 0 Å². The third kappa shape index (κ3) is 5.96. The fourth-order valence-electron chi connectivity index (χ4n) is 4.30. The Morgan fingerprint density at radius 3 is 2.69 bits per heavy atom. The molecule has 5 unspecified atom stereocenters. The maximum Gasteiger partial charge on any atom is 0.469 e. The molecule has 1 saturated heterocycles. The smallest absolute Gasteiger partial charge is 0.390 e. The van der Waals surface area contributed by atoms with Gasteiger partial charge in [-0.2, -0.15) is 0 Å². The summed E-state index contributed by atoms with van der Waals surface area (Å²) in [6.07, 6.45) is 6.53. The summed E-state index contributed by atoms with van der Waals surface area (Å²) in [4.78, 5) is 26.4. The van der Waals surface area contributed by atoms with E-state index in [9.17, 15) is 14.8 Å². The van der Waals surface area contributed by atoms with Gasteiger partial charge in [-0.25, -0.2) is 14.5 Å². The van der Waals surface area contributed by atoms with Crippen molar-refractivity contribution in [3.63, 3.8) is 0 Å². The van der Waals surface area contributed by atoms with Gasteiger partial charge in [0.15, 0.2) is 6.23 Å². The summed E-state index contributed by atoms with van der Waals surface area (Å²) in [6, 6.07) is 0. The fraction of sp³-hybridized carbons (Fsp3) is 0.684. The summed E-state index contributed by atoms with van der Waals surface area (Å²) in [6.45, 7) is -0.590. The molecule has 1 aliphatic heterocycles. The number of allylic oxidation sites excluding steroid dienone is 1. The molecule has 3 rings (SSSR count). The Morgan fingerprint density at radius 1 is 1.25 bits per heavy atom. The number of hydrogen-bond donors (Lipinski definition) is 6. The van der Waals surface area contributed by atoms with Crippen LogP contribution in [0.2, 0.25) is 0 Å². The maximum atomic E-state index is 11.0. The lowest BCUT2D eigenvalue weighted by molar-refractivity contribution is -0.0511. The van der Waals surface area contributed by atoms with Crippen molar-refractivity contribution in [3.05, 3.63) is 23.8 Å². The predicted octanol–water partition coefficient (Wildman–Crippen LogP) is 0.893. The molecule has 0 aromatic carbocycles. The number of aliphatic imine (C=N–C) groups is 1. The number of nitrogens with zero attached hydrogens (tertiary/aromatic N) is 3. The Bertz CT molecular complexity index is 870. The predicted molar refractivity (Wildman–Crippen MR) is 116 cm³/mol. The Morgan fingerprint density at radius 2 is 1.97 bits per heavy atom. The average molecular weight is 473 g/mol. The summed E-state index contributed by atoms with van der Waals surface area (Å²) in [7, 11) is -4.75. The molecular formula is C19H32N5O7P. The molecule has 0 amide bonds. The lowest BCUT2D eigenvalue weighted by Crippen LogP contribution is -2.33. The molecule has 0 bridgehead atoms. The quantitative estimate of drug-likeness (QED) is 0.196. The van der Waals surface area contributed by atoms with E-state index >= 15 is 0 Å². The topological polar surface area (TPSA) is 199 Å². The molecule has 12 nitrogen and oxygen atoms in total. The van der Waals surface area contributed by atoms with E-state index < -0.39 is 39.0 Å². The van der Waals surface area contributed by atoms with Gasteiger partial charge in [0.1, 0.15) is 24.1 Å². The van der Waals surface area contributed by atoms with Crippen molar-refractivity contribution in [3.8, 4) is 0 Å². The van der Waals surface area contributed by atoms with Crippen molar-refractivity contribution >= 4 is 20.0 Å². The van der Waals surface area contributed by atoms with Gasteiger partial charge in [-0.1, -0.05) is 25.7 Å². The van der Waals surface area contributed by atoms with E-state index in [1.807, 2.05) is 0 Å². The molecule has 2 aliphatic rings. The van der Waals surface area contributed by atoms with Crippen LogP contribution >= 0.6 is 7.82 Å². The summed E-state index contributed by atoms with van der Waals surface area (Å²) in [5.74, 6) is 0.208. The van der Waals surface area contributed by atoms with Crippen LogP contribution in [0.4, 0.5) is 5.82 Å². The van der Waals surface area contributed by atoms with Crippen LogP contribution in [0, 0.1) is 0 Å². The zero-order valence-electron chi connectivity index (χ0n) is 17.7. The SMILES string of the molecule is NC=N/C=C1/CCCCCCCC1c1ncn(C2OC(COP(=O)(O)O)C(O)C2O)c1N. The first-order valence-electron chi connectivity index (χ1n) is 10.7. The summed E-state index contributed by atoms with van der Waals surface area (Å²) < 4.78 is 22.4. The van der Waals surface area contributed by atoms with Crippen LogP contribution in [0.5, 0.6) is 0 Å². The van der Waals surface area contributed by atoms with E-state index in [0.717, 1.165) is 44.1 Å². The zero-order valence-corrected chi connectivity index (χ0v) is 18.6. The van der Waals surface area contributed by atoms with Crippen LogP contribution < -0.4 is 11.5 Å². The number of phosphoric acid groups is 1. The van der Waals surface area contributed by atoms with Crippen molar-refractivity contribution < 1.29 is 33.8 Å². The molecule has 2 fully saturated rings. The van der Waals surface area contributed by atoms with Gasteiger partial charge in [-0.05, 0) is 24.8 Å². The number of aromatic nitrogens is 2. The molecule has 1 aliphatic carbocycles. The number of aliphatic hydroxyl groups excluding tert-OH is 2. The van der Waals surface area contributed by atoms with E-state index in [0.29, 0.717) is 5.69 Å². The van der Waals surface area contributed by atoms with Crippen LogP contribution in [0.25, 0.3) is 0 Å². The fourth-order valence-corrected chi connectivity index (χ4v) is 4.64. The first-order chi connectivity index (χ1) is 15.2. The third-order valence-electron chi connectivity index (χ3n) is 5.94. The number of nitrogens with two attached hydrogens (primary N) is 2. The monoisotopic (exact) mass is 473 g/mol. The summed E-state index contributed by atoms with van der Waals surface area (Å²) >= 11 is 0. The second kappa shape index (κ2) is 10.9. The molecule has 2 heterocycles. The zero-order chi connectivity index (χ0) is 23.3. The number of ether oxygens (including phenoxy) is 1. The van der Waals surface area contributed by atoms with Gasteiger partial charge < -0.3 is 36.2 Å². The molecule has 13 heteroatoms. The van der Waals surface area contributed by atoms with Gasteiger partial charge in [-0.15, -0.1) is 0 Å². The van der Waals surface area contributed by atoms with Gasteiger partial charge >= 0.3 is 7.82 Å². The van der Waals surface area contributed by atoms with Crippen molar-refractivity contribution in [2.75, 3.05) is 12.3 Å². The molecule has 1 aromatic rings. The van der Waals surface area contributed by atoms with Gasteiger partial charge in [0.2, 0.25) is 0 Å². The maximum absolute atomic E-state index is 11.0. The second-order valence-electron chi connectivity index (χ2n) is 8.12. The van der Waals surface area contributed by atoms with Crippen molar-refractivity contribution in [1.29, 1.82) is 0 Å². The van der Waals surface area contributed by atoms with Gasteiger partial charge in [0.05, 0.1) is 25.0 Å². The first kappa shape index (κ1) is 24.8. The average Bonchev–Trinajstić information content (AvgIpc) is 3.27. The molecule has 1 aromatic heterocycles. The lowest BCUT2D eigenvalue weighted by Gasteiger charge is -2.21. The van der Waals surface area contributed by atoms with Crippen LogP contribution in [0.3, 0.4) is 0 Å². The Labute approximate surface area is 186 Å². The van der Waals surface area contributed by atoms with Crippen LogP contribution in [0.1, 0.15) is 62.8 Å². The van der Waals surface area contributed by atoms with Crippen molar-refractivity contribution in [1.82, 2.24) is 9.55 Å². The minimum Gasteiger partial charge on any atom is -0.390 e. The van der Waals surface area contributed by atoms with Crippen LogP contribution in [-0.4, -0.2) is 60.8 Å². The molecule has 0 spiro atoms. The molecule has 180 valence electrons. The third-order valence-corrected chi connectivity index (χ3v) is 6.43. The number of hydrogen-bond acceptors (Lipinski definition) is 8. The Kier molecular flexibility index (Phi) is 8.45. The Balaban J connectivity index is 1.84. The van der Waals surface area contributed by atoms with E-state index in [2.05, 4.69) is 14.5 Å². The van der Waals surface area contributed by atoms with Crippen molar-refractivity contribution in [2.24, 2.45) is 10.7 Å². The minimum absolute atomic E-state index is 0.0738. The van der Waals surface area contributed by atoms with E-state index in [1.165, 1.54) is 23.7 Å². The minimum atomic E-state index is -4.75. The van der Waals surface area contributed by atoms with Gasteiger partial charge in [0, 0.05) is 12.1 Å². The first-order valence-corrected chi connectivity index (χ1v) is 12.2. The molecular weight excluding hydrogens is 441 g/mol. The highest BCUT2D eigenvalue weighted by atomic mass is 31.2. The highest BCUT2D eigenvalue weighted by Gasteiger charge is 2.45. The lowest BCUT2D eigenvalue weighted by atomic mass is 9.89. The summed E-state index contributed by atoms with van der Waals surface area (Å²) in [5.41, 5.74) is 13.5. The Hall–Kier alpha value is -1.79. The van der Waals surface area contributed by atoms with Gasteiger partial charge in [-0.3, -0.25) is 9.09 Å². The van der Waals surface area contributed by atoms with E-state index in [4.69, 9.17) is 26.0 Å². The molecule has 1 saturated carbocycles. The number of anilines is 1. The number of nitrogen functional groups attached to an aromatic ring is 1. The number of imidazole rings is 1. The van der Waals surface area contributed by atoms with Crippen LogP contribution in [0.15, 0.2) is 23.1 Å². The van der Waals surface area contributed by atoms with Crippen molar-refractivity contribution in [2.45, 2.75) is 75.4 Å². The molecule has 5 atom stereocenters. The van der Waals surface area contributed by atoms with E-state index in [1.54, 1.807) is 6.20 Å².